The van der Waals surface area contributed by atoms with Crippen LogP contribution in [-0.2, 0) is 4.74 Å². The lowest BCUT2D eigenvalue weighted by atomic mass is 10.2. The highest BCUT2D eigenvalue weighted by atomic mass is 35.5. The van der Waals surface area contributed by atoms with E-state index in [0.29, 0.717) is 35.6 Å². The number of nitrogens with zero attached hydrogens (tertiary/aromatic N) is 4. The van der Waals surface area contributed by atoms with Crippen molar-refractivity contribution < 1.29 is 14.2 Å². The average Bonchev–Trinajstić information content (AvgIpc) is 2.69. The van der Waals surface area contributed by atoms with E-state index in [9.17, 15) is 0 Å². The molecule has 0 bridgehead atoms. The number of hydrogen-bond donors (Lipinski definition) is 2. The van der Waals surface area contributed by atoms with E-state index in [-0.39, 0.29) is 5.28 Å². The lowest BCUT2D eigenvalue weighted by Gasteiger charge is -2.26. The van der Waals surface area contributed by atoms with Crippen molar-refractivity contribution in [1.29, 1.82) is 0 Å². The second-order valence-electron chi connectivity index (χ2n) is 5.82. The van der Waals surface area contributed by atoms with E-state index in [4.69, 9.17) is 25.8 Å². The van der Waals surface area contributed by atoms with Crippen molar-refractivity contribution in [3.63, 3.8) is 0 Å². The summed E-state index contributed by atoms with van der Waals surface area (Å²) in [5.41, 5.74) is 0.694. The summed E-state index contributed by atoms with van der Waals surface area (Å²) in [6, 6.07) is 5.41. The highest BCUT2D eigenvalue weighted by molar-refractivity contribution is 6.28. The molecule has 2 aromatic rings. The Morgan fingerprint density at radius 1 is 1.11 bits per heavy atom. The fourth-order valence-electron chi connectivity index (χ4n) is 2.66. The van der Waals surface area contributed by atoms with Crippen LogP contribution in [0.5, 0.6) is 11.5 Å². The number of morpholine rings is 1. The number of rotatable bonds is 8. The Kier molecular flexibility index (Phi) is 6.86. The summed E-state index contributed by atoms with van der Waals surface area (Å²) in [4.78, 5) is 14.9. The molecule has 1 aromatic heterocycles. The minimum absolute atomic E-state index is 0.105. The monoisotopic (exact) mass is 394 g/mol. The van der Waals surface area contributed by atoms with Gasteiger partial charge in [0, 0.05) is 32.2 Å². The molecular formula is C17H23ClN6O3. The Balaban J connectivity index is 1.64. The zero-order chi connectivity index (χ0) is 19.1. The van der Waals surface area contributed by atoms with E-state index >= 15 is 0 Å². The summed E-state index contributed by atoms with van der Waals surface area (Å²) in [6.45, 7) is 4.99. The quantitative estimate of drug-likeness (QED) is 0.697. The highest BCUT2D eigenvalue weighted by Crippen LogP contribution is 2.30. The van der Waals surface area contributed by atoms with Gasteiger partial charge in [-0.25, -0.2) is 0 Å². The van der Waals surface area contributed by atoms with Crippen LogP contribution in [0.3, 0.4) is 0 Å². The molecule has 0 spiro atoms. The smallest absolute Gasteiger partial charge is 0.233 e. The molecule has 0 unspecified atom stereocenters. The van der Waals surface area contributed by atoms with Crippen LogP contribution in [0.25, 0.3) is 0 Å². The molecular weight excluding hydrogens is 372 g/mol. The third-order valence-electron chi connectivity index (χ3n) is 4.08. The molecule has 0 aliphatic carbocycles. The van der Waals surface area contributed by atoms with E-state index in [1.165, 1.54) is 0 Å². The first-order chi connectivity index (χ1) is 13.2. The Bertz CT molecular complexity index is 757. The molecule has 1 fully saturated rings. The molecule has 0 radical (unpaired) electrons. The SMILES string of the molecule is COc1ccc(Nc2nc(Cl)nc(NCCN3CCOCC3)n2)c(OC)c1. The molecule has 9 nitrogen and oxygen atoms in total. The molecule has 1 aliphatic heterocycles. The van der Waals surface area contributed by atoms with Gasteiger partial charge < -0.3 is 24.8 Å². The molecule has 0 saturated carbocycles. The summed E-state index contributed by atoms with van der Waals surface area (Å²) in [6.07, 6.45) is 0. The second kappa shape index (κ2) is 9.54. The predicted molar refractivity (Wildman–Crippen MR) is 103 cm³/mol. The minimum atomic E-state index is 0.105. The summed E-state index contributed by atoms with van der Waals surface area (Å²) >= 11 is 6.04. The van der Waals surface area contributed by atoms with Crippen molar-refractivity contribution in [3.05, 3.63) is 23.5 Å². The number of benzene rings is 1. The molecule has 2 N–H and O–H groups in total. The topological polar surface area (TPSA) is 93.7 Å². The van der Waals surface area contributed by atoms with Crippen LogP contribution in [0.2, 0.25) is 5.28 Å². The number of halogens is 1. The summed E-state index contributed by atoms with van der Waals surface area (Å²) < 4.78 is 15.9. The van der Waals surface area contributed by atoms with Crippen LogP contribution in [-0.4, -0.2) is 73.5 Å². The van der Waals surface area contributed by atoms with Crippen LogP contribution in [0, 0.1) is 0 Å². The van der Waals surface area contributed by atoms with Crippen LogP contribution >= 0.6 is 11.6 Å². The van der Waals surface area contributed by atoms with Gasteiger partial charge >= 0.3 is 0 Å². The third kappa shape index (κ3) is 5.56. The lowest BCUT2D eigenvalue weighted by Crippen LogP contribution is -2.39. The zero-order valence-electron chi connectivity index (χ0n) is 15.4. The van der Waals surface area contributed by atoms with Crippen molar-refractivity contribution in [3.8, 4) is 11.5 Å². The van der Waals surface area contributed by atoms with E-state index < -0.39 is 0 Å². The van der Waals surface area contributed by atoms with Crippen LogP contribution < -0.4 is 20.1 Å². The van der Waals surface area contributed by atoms with Crippen LogP contribution in [0.15, 0.2) is 18.2 Å². The van der Waals surface area contributed by atoms with Gasteiger partial charge in [0.2, 0.25) is 17.2 Å². The maximum Gasteiger partial charge on any atom is 0.233 e. The van der Waals surface area contributed by atoms with Crippen molar-refractivity contribution in [2.75, 3.05) is 64.2 Å². The molecule has 146 valence electrons. The van der Waals surface area contributed by atoms with Gasteiger partial charge in [-0.2, -0.15) is 15.0 Å². The highest BCUT2D eigenvalue weighted by Gasteiger charge is 2.12. The Morgan fingerprint density at radius 2 is 1.89 bits per heavy atom. The summed E-state index contributed by atoms with van der Waals surface area (Å²) in [5, 5.41) is 6.39. The van der Waals surface area contributed by atoms with Crippen molar-refractivity contribution in [2.24, 2.45) is 0 Å². The standard InChI is InChI=1S/C17H23ClN6O3/c1-25-12-3-4-13(14(11-12)26-2)20-17-22-15(18)21-16(23-17)19-5-6-24-7-9-27-10-8-24/h3-4,11H,5-10H2,1-2H3,(H2,19,20,21,22,23). The maximum atomic E-state index is 6.04. The molecule has 1 saturated heterocycles. The van der Waals surface area contributed by atoms with Gasteiger partial charge in [-0.15, -0.1) is 0 Å². The Hall–Kier alpha value is -2.36. The number of nitrogens with one attached hydrogen (secondary N) is 2. The first-order valence-electron chi connectivity index (χ1n) is 8.62. The molecule has 0 amide bonds. The molecule has 27 heavy (non-hydrogen) atoms. The maximum absolute atomic E-state index is 6.04. The van der Waals surface area contributed by atoms with Gasteiger partial charge in [0.1, 0.15) is 11.5 Å². The first kappa shape index (κ1) is 19.4. The van der Waals surface area contributed by atoms with Crippen LogP contribution in [0.4, 0.5) is 17.6 Å². The van der Waals surface area contributed by atoms with Gasteiger partial charge in [0.25, 0.3) is 0 Å². The number of aromatic nitrogens is 3. The minimum Gasteiger partial charge on any atom is -0.497 e. The number of anilines is 3. The van der Waals surface area contributed by atoms with E-state index in [2.05, 4.69) is 30.5 Å². The molecule has 3 rings (SSSR count). The zero-order valence-corrected chi connectivity index (χ0v) is 16.1. The first-order valence-corrected chi connectivity index (χ1v) is 9.00. The van der Waals surface area contributed by atoms with Crippen molar-refractivity contribution in [2.45, 2.75) is 0 Å². The third-order valence-corrected chi connectivity index (χ3v) is 4.25. The summed E-state index contributed by atoms with van der Waals surface area (Å²) in [7, 11) is 3.18. The van der Waals surface area contributed by atoms with Crippen molar-refractivity contribution >= 4 is 29.2 Å². The van der Waals surface area contributed by atoms with E-state index in [1.807, 2.05) is 12.1 Å². The number of methoxy groups -OCH3 is 2. The van der Waals surface area contributed by atoms with Gasteiger partial charge in [-0.3, -0.25) is 4.90 Å². The average molecular weight is 395 g/mol. The van der Waals surface area contributed by atoms with E-state index in [0.717, 1.165) is 32.8 Å². The fraction of sp³-hybridized carbons (Fsp3) is 0.471. The largest absolute Gasteiger partial charge is 0.497 e. The lowest BCUT2D eigenvalue weighted by molar-refractivity contribution is 0.0398. The van der Waals surface area contributed by atoms with E-state index in [1.54, 1.807) is 20.3 Å². The number of hydrogen-bond acceptors (Lipinski definition) is 9. The predicted octanol–water partition coefficient (Wildman–Crippen LogP) is 2.03. The summed E-state index contributed by atoms with van der Waals surface area (Å²) in [5.74, 6) is 2.04. The van der Waals surface area contributed by atoms with Gasteiger partial charge in [0.15, 0.2) is 0 Å². The number of ether oxygens (including phenoxy) is 3. The second-order valence-corrected chi connectivity index (χ2v) is 6.16. The fourth-order valence-corrected chi connectivity index (χ4v) is 2.82. The van der Waals surface area contributed by atoms with Gasteiger partial charge in [0.05, 0.1) is 33.1 Å². The molecule has 10 heteroatoms. The Morgan fingerprint density at radius 3 is 2.63 bits per heavy atom. The van der Waals surface area contributed by atoms with Crippen LogP contribution in [0.1, 0.15) is 0 Å². The van der Waals surface area contributed by atoms with Crippen molar-refractivity contribution in [1.82, 2.24) is 19.9 Å². The molecule has 1 aliphatic rings. The molecule has 0 atom stereocenters. The molecule has 2 heterocycles. The van der Waals surface area contributed by atoms with Gasteiger partial charge in [-0.1, -0.05) is 0 Å². The Labute approximate surface area is 163 Å². The molecule has 1 aromatic carbocycles. The van der Waals surface area contributed by atoms with Gasteiger partial charge in [-0.05, 0) is 23.7 Å². The normalized spacial score (nSPS) is 14.6.